The average Bonchev–Trinajstić information content (AvgIpc) is 2.90. The van der Waals surface area contributed by atoms with Crippen LogP contribution in [0.4, 0.5) is 13.6 Å². The van der Waals surface area contributed by atoms with E-state index in [9.17, 15) is 22.9 Å². The van der Waals surface area contributed by atoms with Crippen molar-refractivity contribution in [3.05, 3.63) is 106 Å². The van der Waals surface area contributed by atoms with Gasteiger partial charge in [0.25, 0.3) is 0 Å². The Morgan fingerprint density at radius 2 is 1.56 bits per heavy atom. The van der Waals surface area contributed by atoms with Gasteiger partial charge in [-0.3, -0.25) is 9.36 Å². The Hall–Kier alpha value is -3.11. The fourth-order valence-electron chi connectivity index (χ4n) is 3.71. The standard InChI is InChI=1S/C27H28BrF2N2O6P/c28-23-16-21(13-14-22(23)27(29,30)39(35,36)37)17-24(32-26(34)38-18-20-10-5-2-6-11-20)25(33)31-15-7-12-19-8-3-1-4-9-19/h1-6,8-11,13-14,16,24H,7,12,15,17-18H2,(H,31,33)(H,32,34)(H2,35,36,37). The summed E-state index contributed by atoms with van der Waals surface area (Å²) >= 11 is 2.94. The molecule has 0 aliphatic heterocycles. The summed E-state index contributed by atoms with van der Waals surface area (Å²) in [6.45, 7) is 0.317. The van der Waals surface area contributed by atoms with Gasteiger partial charge >= 0.3 is 19.4 Å². The van der Waals surface area contributed by atoms with E-state index in [-0.39, 0.29) is 17.5 Å². The van der Waals surface area contributed by atoms with E-state index in [1.807, 2.05) is 36.4 Å². The Balaban J connectivity index is 1.69. The molecule has 0 aliphatic rings. The molecule has 3 aromatic carbocycles. The molecule has 12 heteroatoms. The van der Waals surface area contributed by atoms with Gasteiger partial charge in [0.1, 0.15) is 12.6 Å². The number of halogens is 3. The van der Waals surface area contributed by atoms with Gasteiger partial charge < -0.3 is 25.2 Å². The lowest BCUT2D eigenvalue weighted by Gasteiger charge is -2.21. The SMILES string of the molecule is O=C(NC(Cc1ccc(C(F)(F)P(=O)(O)O)c(Br)c1)C(=O)NCCCc1ccccc1)OCc1ccccc1. The highest BCUT2D eigenvalue weighted by molar-refractivity contribution is 9.10. The number of hydrogen-bond acceptors (Lipinski definition) is 4. The molecule has 2 amide bonds. The van der Waals surface area contributed by atoms with Gasteiger partial charge in [0.15, 0.2) is 0 Å². The quantitative estimate of drug-likeness (QED) is 0.161. The van der Waals surface area contributed by atoms with E-state index in [4.69, 9.17) is 14.5 Å². The van der Waals surface area contributed by atoms with Crippen LogP contribution in [-0.2, 0) is 39.2 Å². The van der Waals surface area contributed by atoms with Crippen LogP contribution in [0.15, 0.2) is 83.3 Å². The van der Waals surface area contributed by atoms with Crippen LogP contribution in [0.1, 0.15) is 28.7 Å². The second-order valence-electron chi connectivity index (χ2n) is 8.74. The largest absolute Gasteiger partial charge is 0.445 e. The molecular formula is C27H28BrF2N2O6P. The number of rotatable bonds is 12. The lowest BCUT2D eigenvalue weighted by atomic mass is 10.0. The van der Waals surface area contributed by atoms with E-state index < -0.39 is 36.9 Å². The average molecular weight is 625 g/mol. The van der Waals surface area contributed by atoms with Gasteiger partial charge in [0.2, 0.25) is 5.91 Å². The van der Waals surface area contributed by atoms with Crippen LogP contribution in [0.3, 0.4) is 0 Å². The van der Waals surface area contributed by atoms with Crippen molar-refractivity contribution in [1.29, 1.82) is 0 Å². The van der Waals surface area contributed by atoms with Gasteiger partial charge in [-0.05, 0) is 35.6 Å². The second kappa shape index (κ2) is 13.8. The van der Waals surface area contributed by atoms with Gasteiger partial charge in [-0.1, -0.05) is 88.7 Å². The Morgan fingerprint density at radius 3 is 2.15 bits per heavy atom. The minimum absolute atomic E-state index is 0.0181. The van der Waals surface area contributed by atoms with Crippen molar-refractivity contribution >= 4 is 35.5 Å². The van der Waals surface area contributed by atoms with Crippen molar-refractivity contribution in [3.8, 4) is 0 Å². The monoisotopic (exact) mass is 624 g/mol. The highest BCUT2D eigenvalue weighted by Crippen LogP contribution is 2.60. The molecule has 0 bridgehead atoms. The zero-order valence-corrected chi connectivity index (χ0v) is 23.2. The lowest BCUT2D eigenvalue weighted by Crippen LogP contribution is -2.48. The van der Waals surface area contributed by atoms with E-state index in [0.29, 0.717) is 18.5 Å². The van der Waals surface area contributed by atoms with Gasteiger partial charge in [0.05, 0.1) is 0 Å². The maximum absolute atomic E-state index is 14.2. The summed E-state index contributed by atoms with van der Waals surface area (Å²) in [6.07, 6.45) is 0.455. The van der Waals surface area contributed by atoms with Crippen molar-refractivity contribution in [2.24, 2.45) is 0 Å². The maximum atomic E-state index is 14.2. The lowest BCUT2D eigenvalue weighted by molar-refractivity contribution is -0.123. The summed E-state index contributed by atoms with van der Waals surface area (Å²) in [5, 5.41) is 5.30. The first-order chi connectivity index (χ1) is 18.5. The first-order valence-electron chi connectivity index (χ1n) is 12.0. The van der Waals surface area contributed by atoms with Crippen LogP contribution in [-0.4, -0.2) is 34.4 Å². The number of alkyl carbamates (subject to hydrolysis) is 1. The molecule has 0 saturated carbocycles. The van der Waals surface area contributed by atoms with Crippen molar-refractivity contribution in [2.45, 2.75) is 37.6 Å². The molecule has 0 fully saturated rings. The summed E-state index contributed by atoms with van der Waals surface area (Å²) in [7, 11) is -5.77. The highest BCUT2D eigenvalue weighted by Gasteiger charge is 2.51. The number of benzene rings is 3. The number of carbonyl (C=O) groups excluding carboxylic acids is 2. The maximum Gasteiger partial charge on any atom is 0.408 e. The molecule has 0 heterocycles. The smallest absolute Gasteiger partial charge is 0.408 e. The van der Waals surface area contributed by atoms with Gasteiger partial charge in [-0.15, -0.1) is 0 Å². The summed E-state index contributed by atoms with van der Waals surface area (Å²) in [5.41, 5.74) is -3.07. The molecule has 0 spiro atoms. The zero-order valence-electron chi connectivity index (χ0n) is 20.7. The number of aryl methyl sites for hydroxylation is 1. The predicted molar refractivity (Wildman–Crippen MR) is 145 cm³/mol. The highest BCUT2D eigenvalue weighted by atomic mass is 79.9. The molecule has 0 saturated heterocycles. The molecule has 1 atom stereocenters. The third-order valence-corrected chi connectivity index (χ3v) is 7.40. The van der Waals surface area contributed by atoms with Crippen molar-refractivity contribution in [3.63, 3.8) is 0 Å². The summed E-state index contributed by atoms with van der Waals surface area (Å²) in [5.74, 6) is -0.500. The molecule has 3 aromatic rings. The van der Waals surface area contributed by atoms with Crippen LogP contribution in [0, 0.1) is 0 Å². The molecule has 8 nitrogen and oxygen atoms in total. The Morgan fingerprint density at radius 1 is 0.949 bits per heavy atom. The van der Waals surface area contributed by atoms with Crippen LogP contribution in [0.5, 0.6) is 0 Å². The molecule has 208 valence electrons. The number of amides is 2. The van der Waals surface area contributed by atoms with Crippen LogP contribution < -0.4 is 10.6 Å². The van der Waals surface area contributed by atoms with Gasteiger partial charge in [-0.25, -0.2) is 4.79 Å². The molecule has 0 aromatic heterocycles. The predicted octanol–water partition coefficient (Wildman–Crippen LogP) is 5.26. The van der Waals surface area contributed by atoms with Crippen molar-refractivity contribution < 1.29 is 37.5 Å². The van der Waals surface area contributed by atoms with Crippen LogP contribution >= 0.6 is 23.5 Å². The molecule has 4 N–H and O–H groups in total. The molecule has 0 radical (unpaired) electrons. The minimum Gasteiger partial charge on any atom is -0.445 e. The zero-order chi connectivity index (χ0) is 28.5. The molecule has 3 rings (SSSR count). The minimum atomic E-state index is -5.77. The third kappa shape index (κ3) is 8.96. The molecule has 39 heavy (non-hydrogen) atoms. The normalized spacial score (nSPS) is 12.4. The van der Waals surface area contributed by atoms with E-state index in [0.717, 1.165) is 23.6 Å². The number of nitrogens with one attached hydrogen (secondary N) is 2. The third-order valence-electron chi connectivity index (χ3n) is 5.77. The van der Waals surface area contributed by atoms with Crippen LogP contribution in [0.2, 0.25) is 0 Å². The van der Waals surface area contributed by atoms with Gasteiger partial charge in [0, 0.05) is 23.0 Å². The molecule has 0 aliphatic carbocycles. The van der Waals surface area contributed by atoms with Crippen LogP contribution in [0.25, 0.3) is 0 Å². The number of carbonyl (C=O) groups is 2. The Kier molecular flexibility index (Phi) is 10.8. The topological polar surface area (TPSA) is 125 Å². The van der Waals surface area contributed by atoms with E-state index in [1.165, 1.54) is 12.1 Å². The first-order valence-corrected chi connectivity index (χ1v) is 14.4. The van der Waals surface area contributed by atoms with E-state index in [2.05, 4.69) is 26.6 Å². The van der Waals surface area contributed by atoms with E-state index >= 15 is 0 Å². The first kappa shape index (κ1) is 30.4. The summed E-state index contributed by atoms with van der Waals surface area (Å²) in [6, 6.07) is 20.9. The number of ether oxygens (including phenoxy) is 1. The molecule has 1 unspecified atom stereocenters. The fourth-order valence-corrected chi connectivity index (χ4v) is 5.05. The Labute approximate surface area is 233 Å². The summed E-state index contributed by atoms with van der Waals surface area (Å²) in [4.78, 5) is 43.6. The number of hydrogen-bond donors (Lipinski definition) is 4. The molecular weight excluding hydrogens is 597 g/mol. The van der Waals surface area contributed by atoms with Gasteiger partial charge in [-0.2, -0.15) is 8.78 Å². The number of alkyl halides is 2. The van der Waals surface area contributed by atoms with Crippen molar-refractivity contribution in [2.75, 3.05) is 6.54 Å². The Bertz CT molecular complexity index is 1310. The van der Waals surface area contributed by atoms with E-state index in [1.54, 1.807) is 24.3 Å². The van der Waals surface area contributed by atoms with Crippen molar-refractivity contribution in [1.82, 2.24) is 10.6 Å². The summed E-state index contributed by atoms with van der Waals surface area (Å²) < 4.78 is 44.7. The fraction of sp³-hybridized carbons (Fsp3) is 0.259. The second-order valence-corrected chi connectivity index (χ2v) is 11.2.